The van der Waals surface area contributed by atoms with Crippen LogP contribution in [0.15, 0.2) is 24.3 Å². The first kappa shape index (κ1) is 14.5. The van der Waals surface area contributed by atoms with Crippen LogP contribution in [0.4, 0.5) is 4.39 Å². The molecule has 1 fully saturated rings. The van der Waals surface area contributed by atoms with E-state index in [0.717, 1.165) is 13.0 Å². The summed E-state index contributed by atoms with van der Waals surface area (Å²) in [5.74, 6) is -0.145. The molecule has 2 nitrogen and oxygen atoms in total. The van der Waals surface area contributed by atoms with Crippen LogP contribution in [0.1, 0.15) is 37.3 Å². The van der Waals surface area contributed by atoms with Gasteiger partial charge in [0.1, 0.15) is 5.82 Å². The molecule has 0 aliphatic carbocycles. The zero-order valence-corrected chi connectivity index (χ0v) is 12.1. The molecule has 2 rings (SSSR count). The standard InChI is InChI=1S/C16H25FN2/c1-18(2)13-10-16(19-11-4-3-5-12-19)14-6-8-15(17)9-7-14/h6-9,16H,3-5,10-13H2,1-2H3. The molecule has 1 aromatic rings. The van der Waals surface area contributed by atoms with Crippen molar-refractivity contribution in [2.45, 2.75) is 31.7 Å². The maximum absolute atomic E-state index is 13.1. The Morgan fingerprint density at radius 3 is 2.32 bits per heavy atom. The van der Waals surface area contributed by atoms with Crippen molar-refractivity contribution in [3.05, 3.63) is 35.6 Å². The zero-order valence-electron chi connectivity index (χ0n) is 12.1. The summed E-state index contributed by atoms with van der Waals surface area (Å²) in [6, 6.07) is 7.50. The second-order valence-electron chi connectivity index (χ2n) is 5.76. The number of likely N-dealkylation sites (tertiary alicyclic amines) is 1. The summed E-state index contributed by atoms with van der Waals surface area (Å²) in [5, 5.41) is 0. The van der Waals surface area contributed by atoms with Crippen molar-refractivity contribution in [3.63, 3.8) is 0 Å². The van der Waals surface area contributed by atoms with E-state index in [0.29, 0.717) is 6.04 Å². The van der Waals surface area contributed by atoms with Gasteiger partial charge in [-0.05, 0) is 70.7 Å². The average molecular weight is 264 g/mol. The number of rotatable bonds is 5. The van der Waals surface area contributed by atoms with Crippen molar-refractivity contribution in [1.82, 2.24) is 9.80 Å². The Morgan fingerprint density at radius 1 is 1.11 bits per heavy atom. The first-order valence-electron chi connectivity index (χ1n) is 7.31. The van der Waals surface area contributed by atoms with Crippen molar-refractivity contribution < 1.29 is 4.39 Å². The summed E-state index contributed by atoms with van der Waals surface area (Å²) >= 11 is 0. The quantitative estimate of drug-likeness (QED) is 0.805. The summed E-state index contributed by atoms with van der Waals surface area (Å²) in [6.45, 7) is 3.42. The molecule has 0 radical (unpaired) electrons. The van der Waals surface area contributed by atoms with Crippen LogP contribution in [0, 0.1) is 5.82 Å². The van der Waals surface area contributed by atoms with Gasteiger partial charge in [-0.3, -0.25) is 4.90 Å². The molecule has 1 atom stereocenters. The summed E-state index contributed by atoms with van der Waals surface area (Å²) in [5.41, 5.74) is 1.25. The van der Waals surface area contributed by atoms with Crippen molar-refractivity contribution in [3.8, 4) is 0 Å². The van der Waals surface area contributed by atoms with Gasteiger partial charge in [0.15, 0.2) is 0 Å². The van der Waals surface area contributed by atoms with Crippen molar-refractivity contribution in [2.24, 2.45) is 0 Å². The summed E-state index contributed by atoms with van der Waals surface area (Å²) in [4.78, 5) is 4.79. The lowest BCUT2D eigenvalue weighted by Crippen LogP contribution is -2.35. The van der Waals surface area contributed by atoms with Crippen LogP contribution in [0.5, 0.6) is 0 Å². The Labute approximate surface area is 116 Å². The predicted molar refractivity (Wildman–Crippen MR) is 77.7 cm³/mol. The molecule has 1 aliphatic rings. The number of benzene rings is 1. The third kappa shape index (κ3) is 4.29. The molecular formula is C16H25FN2. The fraction of sp³-hybridized carbons (Fsp3) is 0.625. The second-order valence-corrected chi connectivity index (χ2v) is 5.76. The van der Waals surface area contributed by atoms with Crippen LogP contribution in [-0.4, -0.2) is 43.5 Å². The molecule has 1 saturated heterocycles. The fourth-order valence-corrected chi connectivity index (χ4v) is 2.86. The van der Waals surface area contributed by atoms with Crippen LogP contribution in [-0.2, 0) is 0 Å². The van der Waals surface area contributed by atoms with E-state index < -0.39 is 0 Å². The van der Waals surface area contributed by atoms with Crippen LogP contribution in [0.25, 0.3) is 0 Å². The Morgan fingerprint density at radius 2 is 1.74 bits per heavy atom. The van der Waals surface area contributed by atoms with Gasteiger partial charge in [-0.25, -0.2) is 4.39 Å². The van der Waals surface area contributed by atoms with Gasteiger partial charge < -0.3 is 4.90 Å². The highest BCUT2D eigenvalue weighted by molar-refractivity contribution is 5.20. The lowest BCUT2D eigenvalue weighted by atomic mass is 9.98. The van der Waals surface area contributed by atoms with Gasteiger partial charge in [0.2, 0.25) is 0 Å². The van der Waals surface area contributed by atoms with E-state index in [1.165, 1.54) is 37.9 Å². The van der Waals surface area contributed by atoms with Gasteiger partial charge in [-0.2, -0.15) is 0 Å². The van der Waals surface area contributed by atoms with E-state index in [-0.39, 0.29) is 5.82 Å². The van der Waals surface area contributed by atoms with Gasteiger partial charge in [0, 0.05) is 6.04 Å². The molecule has 0 saturated carbocycles. The van der Waals surface area contributed by atoms with Crippen molar-refractivity contribution in [1.29, 1.82) is 0 Å². The topological polar surface area (TPSA) is 6.48 Å². The molecule has 106 valence electrons. The van der Waals surface area contributed by atoms with Gasteiger partial charge in [0.05, 0.1) is 0 Å². The highest BCUT2D eigenvalue weighted by Gasteiger charge is 2.22. The van der Waals surface area contributed by atoms with E-state index in [9.17, 15) is 4.39 Å². The monoisotopic (exact) mass is 264 g/mol. The van der Waals surface area contributed by atoms with E-state index in [1.807, 2.05) is 12.1 Å². The molecule has 0 spiro atoms. The average Bonchev–Trinajstić information content (AvgIpc) is 2.42. The molecule has 0 amide bonds. The first-order valence-corrected chi connectivity index (χ1v) is 7.31. The van der Waals surface area contributed by atoms with E-state index in [2.05, 4.69) is 23.9 Å². The lowest BCUT2D eigenvalue weighted by molar-refractivity contribution is 0.147. The molecular weight excluding hydrogens is 239 g/mol. The number of nitrogens with zero attached hydrogens (tertiary/aromatic N) is 2. The Balaban J connectivity index is 2.10. The van der Waals surface area contributed by atoms with Crippen molar-refractivity contribution in [2.75, 3.05) is 33.7 Å². The van der Waals surface area contributed by atoms with Gasteiger partial charge in [-0.1, -0.05) is 18.6 Å². The van der Waals surface area contributed by atoms with Crippen LogP contribution in [0.3, 0.4) is 0 Å². The molecule has 1 aliphatic heterocycles. The Bertz CT molecular complexity index is 369. The molecule has 0 N–H and O–H groups in total. The number of hydrogen-bond acceptors (Lipinski definition) is 2. The molecule has 19 heavy (non-hydrogen) atoms. The smallest absolute Gasteiger partial charge is 0.123 e. The third-order valence-electron chi connectivity index (χ3n) is 3.94. The molecule has 3 heteroatoms. The Kier molecular flexibility index (Phi) is 5.34. The van der Waals surface area contributed by atoms with Crippen LogP contribution in [0.2, 0.25) is 0 Å². The maximum Gasteiger partial charge on any atom is 0.123 e. The molecule has 0 bridgehead atoms. The highest BCUT2D eigenvalue weighted by Crippen LogP contribution is 2.27. The van der Waals surface area contributed by atoms with Gasteiger partial charge >= 0.3 is 0 Å². The number of halogens is 1. The summed E-state index contributed by atoms with van der Waals surface area (Å²) in [6.07, 6.45) is 5.04. The number of hydrogen-bond donors (Lipinski definition) is 0. The van der Waals surface area contributed by atoms with Gasteiger partial charge in [0.25, 0.3) is 0 Å². The minimum Gasteiger partial charge on any atom is -0.309 e. The summed E-state index contributed by atoms with van der Waals surface area (Å²) < 4.78 is 13.1. The minimum absolute atomic E-state index is 0.145. The predicted octanol–water partition coefficient (Wildman–Crippen LogP) is 3.30. The van der Waals surface area contributed by atoms with Crippen LogP contribution >= 0.6 is 0 Å². The third-order valence-corrected chi connectivity index (χ3v) is 3.94. The molecule has 1 unspecified atom stereocenters. The maximum atomic E-state index is 13.1. The Hall–Kier alpha value is -0.930. The fourth-order valence-electron chi connectivity index (χ4n) is 2.86. The second kappa shape index (κ2) is 7.01. The minimum atomic E-state index is -0.145. The first-order chi connectivity index (χ1) is 9.16. The zero-order chi connectivity index (χ0) is 13.7. The SMILES string of the molecule is CN(C)CCC(c1ccc(F)cc1)N1CCCCC1. The van der Waals surface area contributed by atoms with Gasteiger partial charge in [-0.15, -0.1) is 0 Å². The van der Waals surface area contributed by atoms with Crippen molar-refractivity contribution >= 4 is 0 Å². The lowest BCUT2D eigenvalue weighted by Gasteiger charge is -2.35. The largest absolute Gasteiger partial charge is 0.309 e. The molecule has 1 heterocycles. The van der Waals surface area contributed by atoms with Crippen LogP contribution < -0.4 is 0 Å². The normalized spacial score (nSPS) is 18.7. The molecule has 0 aromatic heterocycles. The molecule has 1 aromatic carbocycles. The highest BCUT2D eigenvalue weighted by atomic mass is 19.1. The summed E-state index contributed by atoms with van der Waals surface area (Å²) in [7, 11) is 4.22. The van der Waals surface area contributed by atoms with E-state index in [4.69, 9.17) is 0 Å². The van der Waals surface area contributed by atoms with E-state index in [1.54, 1.807) is 12.1 Å². The van der Waals surface area contributed by atoms with E-state index >= 15 is 0 Å². The number of piperidine rings is 1.